The molecule has 1 heterocycles. The molecule has 1 aromatic rings. The molecule has 0 bridgehead atoms. The van der Waals surface area contributed by atoms with E-state index >= 15 is 0 Å². The highest BCUT2D eigenvalue weighted by molar-refractivity contribution is 5.79. The molecule has 0 radical (unpaired) electrons. The first-order chi connectivity index (χ1) is 12.0. The standard InChI is InChI=1S/C21H32N2O2/c1-14(2)18-9-6-15(3)19(20(18)24)13-23-10-4-5-17(12-23)21(25)22-11-16-7-8-16/h6,9,14,16-17,24H,4-5,7-8,10-13H2,1-3H3,(H,22,25). The van der Waals surface area contributed by atoms with Crippen LogP contribution < -0.4 is 5.32 Å². The molecular formula is C21H32N2O2. The third-order valence-electron chi connectivity index (χ3n) is 5.69. The number of piperidine rings is 1. The Morgan fingerprint density at radius 2 is 2.08 bits per heavy atom. The lowest BCUT2D eigenvalue weighted by atomic mass is 9.93. The number of amides is 1. The minimum absolute atomic E-state index is 0.0863. The van der Waals surface area contributed by atoms with Gasteiger partial charge in [0.05, 0.1) is 5.92 Å². The molecule has 0 spiro atoms. The smallest absolute Gasteiger partial charge is 0.224 e. The Balaban J connectivity index is 1.64. The number of aryl methyl sites for hydroxylation is 1. The molecule has 4 heteroatoms. The van der Waals surface area contributed by atoms with Gasteiger partial charge in [-0.3, -0.25) is 9.69 Å². The lowest BCUT2D eigenvalue weighted by molar-refractivity contribution is -0.126. The summed E-state index contributed by atoms with van der Waals surface area (Å²) in [4.78, 5) is 14.7. The zero-order chi connectivity index (χ0) is 18.0. The number of carbonyl (C=O) groups excluding carboxylic acids is 1. The van der Waals surface area contributed by atoms with Gasteiger partial charge in [0, 0.05) is 25.2 Å². The fourth-order valence-electron chi connectivity index (χ4n) is 3.77. The Labute approximate surface area is 151 Å². The van der Waals surface area contributed by atoms with E-state index in [-0.39, 0.29) is 11.8 Å². The van der Waals surface area contributed by atoms with Crippen LogP contribution in [0.4, 0.5) is 0 Å². The highest BCUT2D eigenvalue weighted by Gasteiger charge is 2.28. The van der Waals surface area contributed by atoms with E-state index in [1.807, 2.05) is 6.07 Å². The quantitative estimate of drug-likeness (QED) is 0.829. The van der Waals surface area contributed by atoms with Crippen molar-refractivity contribution in [2.24, 2.45) is 11.8 Å². The van der Waals surface area contributed by atoms with Crippen molar-refractivity contribution in [2.75, 3.05) is 19.6 Å². The predicted octanol–water partition coefficient (Wildman–Crippen LogP) is 3.56. The maximum atomic E-state index is 12.4. The first-order valence-electron chi connectivity index (χ1n) is 9.77. The summed E-state index contributed by atoms with van der Waals surface area (Å²) in [5.41, 5.74) is 3.16. The predicted molar refractivity (Wildman–Crippen MR) is 101 cm³/mol. The van der Waals surface area contributed by atoms with Crippen LogP contribution in [-0.2, 0) is 11.3 Å². The molecule has 1 aromatic carbocycles. The van der Waals surface area contributed by atoms with Gasteiger partial charge >= 0.3 is 0 Å². The van der Waals surface area contributed by atoms with Gasteiger partial charge < -0.3 is 10.4 Å². The highest BCUT2D eigenvalue weighted by atomic mass is 16.3. The van der Waals surface area contributed by atoms with Crippen LogP contribution in [-0.4, -0.2) is 35.5 Å². The van der Waals surface area contributed by atoms with Crippen LogP contribution in [0.25, 0.3) is 0 Å². The number of nitrogens with one attached hydrogen (secondary N) is 1. The molecule has 1 aliphatic carbocycles. The number of nitrogens with zero attached hydrogens (tertiary/aromatic N) is 1. The van der Waals surface area contributed by atoms with Crippen molar-refractivity contribution in [1.29, 1.82) is 0 Å². The normalized spacial score (nSPS) is 21.5. The van der Waals surface area contributed by atoms with Crippen LogP contribution in [0.2, 0.25) is 0 Å². The van der Waals surface area contributed by atoms with Crippen LogP contribution in [0.3, 0.4) is 0 Å². The maximum absolute atomic E-state index is 12.4. The van der Waals surface area contributed by atoms with Gasteiger partial charge in [0.15, 0.2) is 0 Å². The number of carbonyl (C=O) groups is 1. The van der Waals surface area contributed by atoms with Gasteiger partial charge in [0.1, 0.15) is 5.75 Å². The van der Waals surface area contributed by atoms with Crippen molar-refractivity contribution in [1.82, 2.24) is 10.2 Å². The molecular weight excluding hydrogens is 312 g/mol. The summed E-state index contributed by atoms with van der Waals surface area (Å²) in [6.07, 6.45) is 4.55. The van der Waals surface area contributed by atoms with E-state index in [1.54, 1.807) is 0 Å². The molecule has 3 rings (SSSR count). The molecule has 1 unspecified atom stereocenters. The van der Waals surface area contributed by atoms with Gasteiger partial charge in [-0.05, 0) is 62.1 Å². The van der Waals surface area contributed by atoms with E-state index in [4.69, 9.17) is 0 Å². The SMILES string of the molecule is Cc1ccc(C(C)C)c(O)c1CN1CCCC(C(=O)NCC2CC2)C1. The minimum Gasteiger partial charge on any atom is -0.507 e. The van der Waals surface area contributed by atoms with Crippen molar-refractivity contribution in [3.05, 3.63) is 28.8 Å². The van der Waals surface area contributed by atoms with Crippen LogP contribution in [0.5, 0.6) is 5.75 Å². The zero-order valence-electron chi connectivity index (χ0n) is 15.8. The lowest BCUT2D eigenvalue weighted by Gasteiger charge is -2.32. The molecule has 25 heavy (non-hydrogen) atoms. The lowest BCUT2D eigenvalue weighted by Crippen LogP contribution is -2.43. The van der Waals surface area contributed by atoms with E-state index in [0.717, 1.165) is 61.6 Å². The van der Waals surface area contributed by atoms with Crippen molar-refractivity contribution < 1.29 is 9.90 Å². The number of hydrogen-bond acceptors (Lipinski definition) is 3. The second-order valence-corrected chi connectivity index (χ2v) is 8.22. The first-order valence-corrected chi connectivity index (χ1v) is 9.77. The molecule has 1 atom stereocenters. The number of benzene rings is 1. The van der Waals surface area contributed by atoms with Gasteiger partial charge in [0.2, 0.25) is 5.91 Å². The van der Waals surface area contributed by atoms with E-state index in [0.29, 0.717) is 11.7 Å². The fourth-order valence-corrected chi connectivity index (χ4v) is 3.77. The van der Waals surface area contributed by atoms with E-state index in [1.165, 1.54) is 12.8 Å². The van der Waals surface area contributed by atoms with Crippen molar-refractivity contribution in [2.45, 2.75) is 58.9 Å². The van der Waals surface area contributed by atoms with Crippen LogP contribution in [0.1, 0.15) is 62.1 Å². The largest absolute Gasteiger partial charge is 0.507 e. The Bertz CT molecular complexity index is 623. The molecule has 1 saturated carbocycles. The van der Waals surface area contributed by atoms with Crippen LogP contribution >= 0.6 is 0 Å². The molecule has 138 valence electrons. The summed E-state index contributed by atoms with van der Waals surface area (Å²) in [6, 6.07) is 4.14. The Morgan fingerprint density at radius 1 is 1.32 bits per heavy atom. The number of aromatic hydroxyl groups is 1. The number of hydrogen-bond donors (Lipinski definition) is 2. The van der Waals surface area contributed by atoms with Gasteiger partial charge in [-0.2, -0.15) is 0 Å². The molecule has 2 N–H and O–H groups in total. The van der Waals surface area contributed by atoms with Crippen molar-refractivity contribution >= 4 is 5.91 Å². The van der Waals surface area contributed by atoms with Crippen LogP contribution in [0, 0.1) is 18.8 Å². The summed E-state index contributed by atoms with van der Waals surface area (Å²) < 4.78 is 0. The summed E-state index contributed by atoms with van der Waals surface area (Å²) in [6.45, 7) is 9.64. The monoisotopic (exact) mass is 344 g/mol. The minimum atomic E-state index is 0.0863. The van der Waals surface area contributed by atoms with Crippen LogP contribution in [0.15, 0.2) is 12.1 Å². The summed E-state index contributed by atoms with van der Waals surface area (Å²) in [5.74, 6) is 1.77. The summed E-state index contributed by atoms with van der Waals surface area (Å²) in [7, 11) is 0. The van der Waals surface area contributed by atoms with Gasteiger partial charge in [-0.25, -0.2) is 0 Å². The average Bonchev–Trinajstić information content (AvgIpc) is 3.40. The molecule has 1 amide bonds. The molecule has 2 fully saturated rings. The molecule has 2 aliphatic rings. The second kappa shape index (κ2) is 7.77. The number of phenols is 1. The van der Waals surface area contributed by atoms with E-state index < -0.39 is 0 Å². The second-order valence-electron chi connectivity index (χ2n) is 8.22. The average molecular weight is 344 g/mol. The van der Waals surface area contributed by atoms with E-state index in [9.17, 15) is 9.90 Å². The Morgan fingerprint density at radius 3 is 2.76 bits per heavy atom. The molecule has 0 aromatic heterocycles. The topological polar surface area (TPSA) is 52.6 Å². The number of phenolic OH excluding ortho intramolecular Hbond substituents is 1. The van der Waals surface area contributed by atoms with Crippen molar-refractivity contribution in [3.8, 4) is 5.75 Å². The molecule has 1 saturated heterocycles. The number of rotatable bonds is 6. The Hall–Kier alpha value is -1.55. The third kappa shape index (κ3) is 4.55. The first kappa shape index (κ1) is 18.2. The van der Waals surface area contributed by atoms with Gasteiger partial charge in [-0.1, -0.05) is 26.0 Å². The van der Waals surface area contributed by atoms with Gasteiger partial charge in [0.25, 0.3) is 0 Å². The summed E-state index contributed by atoms with van der Waals surface area (Å²) >= 11 is 0. The molecule has 4 nitrogen and oxygen atoms in total. The fraction of sp³-hybridized carbons (Fsp3) is 0.667. The third-order valence-corrected chi connectivity index (χ3v) is 5.69. The number of likely N-dealkylation sites (tertiary alicyclic amines) is 1. The molecule has 1 aliphatic heterocycles. The zero-order valence-corrected chi connectivity index (χ0v) is 15.8. The van der Waals surface area contributed by atoms with E-state index in [2.05, 4.69) is 37.1 Å². The summed E-state index contributed by atoms with van der Waals surface area (Å²) in [5, 5.41) is 13.8. The highest BCUT2D eigenvalue weighted by Crippen LogP contribution is 2.33. The Kier molecular flexibility index (Phi) is 5.67. The maximum Gasteiger partial charge on any atom is 0.224 e. The van der Waals surface area contributed by atoms with Crippen molar-refractivity contribution in [3.63, 3.8) is 0 Å². The van der Waals surface area contributed by atoms with Gasteiger partial charge in [-0.15, -0.1) is 0 Å².